The Hall–Kier alpha value is -2.35. The van der Waals surface area contributed by atoms with Gasteiger partial charge in [-0.05, 0) is 43.5 Å². The summed E-state index contributed by atoms with van der Waals surface area (Å²) >= 11 is 1.72. The molecule has 1 aliphatic heterocycles. The van der Waals surface area contributed by atoms with Crippen LogP contribution in [0.3, 0.4) is 0 Å². The van der Waals surface area contributed by atoms with Crippen molar-refractivity contribution in [2.24, 2.45) is 0 Å². The van der Waals surface area contributed by atoms with Crippen molar-refractivity contribution >= 4 is 17.4 Å². The third kappa shape index (κ3) is 6.08. The van der Waals surface area contributed by atoms with Gasteiger partial charge in [0.15, 0.2) is 0 Å². The van der Waals surface area contributed by atoms with Crippen LogP contribution in [0.25, 0.3) is 0 Å². The Bertz CT molecular complexity index is 1040. The number of hydrogen-bond acceptors (Lipinski definition) is 4. The highest BCUT2D eigenvalue weighted by Gasteiger charge is 2.71. The van der Waals surface area contributed by atoms with Crippen molar-refractivity contribution in [3.63, 3.8) is 0 Å². The van der Waals surface area contributed by atoms with Gasteiger partial charge < -0.3 is 15.1 Å². The Morgan fingerprint density at radius 2 is 1.60 bits per heavy atom. The van der Waals surface area contributed by atoms with Crippen LogP contribution < -0.4 is 4.90 Å². The van der Waals surface area contributed by atoms with Gasteiger partial charge >= 0.3 is 12.4 Å². The molecule has 0 aliphatic carbocycles. The molecular weight excluding hydrogens is 492 g/mol. The molecular formula is C25H25F6NO2S. The van der Waals surface area contributed by atoms with Crippen molar-refractivity contribution in [2.75, 3.05) is 18.0 Å². The van der Waals surface area contributed by atoms with E-state index in [1.54, 1.807) is 18.7 Å². The molecule has 1 saturated heterocycles. The van der Waals surface area contributed by atoms with Gasteiger partial charge in [-0.3, -0.25) is 0 Å². The topological polar surface area (TPSA) is 43.7 Å². The number of alkyl halides is 6. The number of nitrogens with zero attached hydrogens (tertiary/aromatic N) is 1. The second-order valence-corrected chi connectivity index (χ2v) is 9.62. The number of aliphatic hydroxyl groups excluding tert-OH is 1. The Morgan fingerprint density at radius 3 is 2.14 bits per heavy atom. The third-order valence-corrected chi connectivity index (χ3v) is 7.17. The molecule has 1 unspecified atom stereocenters. The van der Waals surface area contributed by atoms with Crippen LogP contribution in [-0.4, -0.2) is 47.0 Å². The van der Waals surface area contributed by atoms with E-state index in [1.165, 1.54) is 0 Å². The molecule has 3 rings (SSSR count). The van der Waals surface area contributed by atoms with Crippen LogP contribution in [0.5, 0.6) is 0 Å². The second kappa shape index (κ2) is 10.7. The fraction of sp³-hybridized carbons (Fsp3) is 0.440. The molecule has 0 amide bonds. The molecule has 190 valence electrons. The zero-order valence-electron chi connectivity index (χ0n) is 18.8. The van der Waals surface area contributed by atoms with E-state index >= 15 is 0 Å². The molecule has 0 bridgehead atoms. The van der Waals surface area contributed by atoms with Crippen LogP contribution in [-0.2, 0) is 5.60 Å². The third-order valence-electron chi connectivity index (χ3n) is 5.82. The van der Waals surface area contributed by atoms with Crippen LogP contribution in [0.4, 0.5) is 32.0 Å². The van der Waals surface area contributed by atoms with E-state index in [1.807, 2.05) is 35.2 Å². The van der Waals surface area contributed by atoms with Crippen LogP contribution in [0.2, 0.25) is 0 Å². The minimum atomic E-state index is -5.99. The quantitative estimate of drug-likeness (QED) is 0.384. The summed E-state index contributed by atoms with van der Waals surface area (Å²) < 4.78 is 80.4. The number of halogens is 6. The summed E-state index contributed by atoms with van der Waals surface area (Å²) in [5.41, 5.74) is -6.17. The van der Waals surface area contributed by atoms with E-state index in [0.717, 1.165) is 23.8 Å². The van der Waals surface area contributed by atoms with Crippen LogP contribution >= 0.6 is 11.8 Å². The van der Waals surface area contributed by atoms with Crippen LogP contribution in [0.15, 0.2) is 53.4 Å². The molecule has 3 nitrogen and oxygen atoms in total. The molecule has 1 heterocycles. The van der Waals surface area contributed by atoms with E-state index in [0.29, 0.717) is 36.2 Å². The number of benzene rings is 2. The Morgan fingerprint density at radius 1 is 1.00 bits per heavy atom. The van der Waals surface area contributed by atoms with Gasteiger partial charge in [0.25, 0.3) is 5.60 Å². The zero-order valence-corrected chi connectivity index (χ0v) is 19.6. The SMILES string of the molecule is CCC(O)C#Cc1cc(C(O)(C(F)(F)F)C(F)(F)F)ccc1N1CCC(Sc2ccccc2)CC1. The summed E-state index contributed by atoms with van der Waals surface area (Å²) in [7, 11) is 0. The summed E-state index contributed by atoms with van der Waals surface area (Å²) in [5, 5.41) is 19.9. The van der Waals surface area contributed by atoms with E-state index < -0.39 is 29.6 Å². The first-order chi connectivity index (χ1) is 16.4. The van der Waals surface area contributed by atoms with Gasteiger partial charge in [0.05, 0.1) is 5.69 Å². The lowest BCUT2D eigenvalue weighted by molar-refractivity contribution is -0.376. The van der Waals surface area contributed by atoms with E-state index in [2.05, 4.69) is 11.8 Å². The molecule has 0 spiro atoms. The minimum absolute atomic E-state index is 0.115. The summed E-state index contributed by atoms with van der Waals surface area (Å²) in [6.07, 6.45) is -11.3. The number of anilines is 1. The number of rotatable bonds is 5. The van der Waals surface area contributed by atoms with Crippen molar-refractivity contribution < 1.29 is 36.6 Å². The van der Waals surface area contributed by atoms with E-state index in [4.69, 9.17) is 0 Å². The van der Waals surface area contributed by atoms with Gasteiger partial charge in [-0.15, -0.1) is 11.8 Å². The highest BCUT2D eigenvalue weighted by Crippen LogP contribution is 2.50. The van der Waals surface area contributed by atoms with Gasteiger partial charge in [-0.25, -0.2) is 0 Å². The molecule has 35 heavy (non-hydrogen) atoms. The summed E-state index contributed by atoms with van der Waals surface area (Å²) in [6, 6.07) is 12.2. The fourth-order valence-electron chi connectivity index (χ4n) is 3.79. The normalized spacial score (nSPS) is 16.5. The molecule has 0 saturated carbocycles. The first-order valence-electron chi connectivity index (χ1n) is 11.0. The molecule has 1 atom stereocenters. The van der Waals surface area contributed by atoms with Crippen molar-refractivity contribution in [3.8, 4) is 11.8 Å². The maximum Gasteiger partial charge on any atom is 0.430 e. The highest BCUT2D eigenvalue weighted by atomic mass is 32.2. The lowest BCUT2D eigenvalue weighted by atomic mass is 9.90. The molecule has 0 radical (unpaired) electrons. The number of piperidine rings is 1. The molecule has 2 aromatic rings. The summed E-state index contributed by atoms with van der Waals surface area (Å²) in [4.78, 5) is 2.98. The van der Waals surface area contributed by atoms with Crippen molar-refractivity contribution in [3.05, 3.63) is 59.7 Å². The molecule has 1 fully saturated rings. The maximum absolute atomic E-state index is 13.4. The highest BCUT2D eigenvalue weighted by molar-refractivity contribution is 8.00. The standard InChI is InChI=1S/C25H25F6NO2S/c1-2-19(33)10-8-17-16-18(23(34,24(26,27)28)25(29,30)31)9-11-22(17)32-14-12-21(13-15-32)35-20-6-4-3-5-7-20/h3-7,9,11,16,19,21,33-34H,2,12-15H2,1H3. The summed E-state index contributed by atoms with van der Waals surface area (Å²) in [6.45, 7) is 2.69. The first kappa shape index (κ1) is 27.2. The lowest BCUT2D eigenvalue weighted by Crippen LogP contribution is -2.54. The molecule has 2 aromatic carbocycles. The van der Waals surface area contributed by atoms with Gasteiger partial charge in [0.2, 0.25) is 0 Å². The average Bonchev–Trinajstić information content (AvgIpc) is 2.81. The smallest absolute Gasteiger partial charge is 0.380 e. The van der Waals surface area contributed by atoms with Gasteiger partial charge in [-0.1, -0.05) is 43.0 Å². The van der Waals surface area contributed by atoms with Gasteiger partial charge in [-0.2, -0.15) is 26.3 Å². The first-order valence-corrected chi connectivity index (χ1v) is 11.9. The van der Waals surface area contributed by atoms with E-state index in [9.17, 15) is 36.6 Å². The largest absolute Gasteiger partial charge is 0.430 e. The zero-order chi connectivity index (χ0) is 25.9. The van der Waals surface area contributed by atoms with Gasteiger partial charge in [0, 0.05) is 34.4 Å². The number of hydrogen-bond donors (Lipinski definition) is 2. The average molecular weight is 518 g/mol. The number of thioether (sulfide) groups is 1. The van der Waals surface area contributed by atoms with Crippen LogP contribution in [0.1, 0.15) is 37.3 Å². The molecule has 10 heteroatoms. The second-order valence-electron chi connectivity index (χ2n) is 8.25. The minimum Gasteiger partial charge on any atom is -0.380 e. The van der Waals surface area contributed by atoms with Crippen LogP contribution in [0, 0.1) is 11.8 Å². The Labute approximate surface area is 204 Å². The van der Waals surface area contributed by atoms with Crippen molar-refractivity contribution in [1.82, 2.24) is 0 Å². The molecule has 2 N–H and O–H groups in total. The number of aliphatic hydroxyl groups is 2. The lowest BCUT2D eigenvalue weighted by Gasteiger charge is -2.36. The van der Waals surface area contributed by atoms with Gasteiger partial charge in [0.1, 0.15) is 6.10 Å². The molecule has 0 aromatic heterocycles. The Balaban J connectivity index is 1.92. The maximum atomic E-state index is 13.4. The Kier molecular flexibility index (Phi) is 8.35. The summed E-state index contributed by atoms with van der Waals surface area (Å²) in [5.74, 6) is 4.99. The monoisotopic (exact) mass is 517 g/mol. The van der Waals surface area contributed by atoms with E-state index in [-0.39, 0.29) is 12.0 Å². The predicted octanol–water partition coefficient (Wildman–Crippen LogP) is 5.88. The van der Waals surface area contributed by atoms with Crippen molar-refractivity contribution in [1.29, 1.82) is 0 Å². The predicted molar refractivity (Wildman–Crippen MR) is 123 cm³/mol. The molecule has 1 aliphatic rings. The van der Waals surface area contributed by atoms with Crippen molar-refractivity contribution in [2.45, 2.75) is 60.4 Å². The fourth-order valence-corrected chi connectivity index (χ4v) is 4.94.